The molecule has 0 aliphatic rings. The van der Waals surface area contributed by atoms with Gasteiger partial charge in [-0.3, -0.25) is 4.79 Å². The van der Waals surface area contributed by atoms with Gasteiger partial charge in [-0.2, -0.15) is 0 Å². The zero-order valence-corrected chi connectivity index (χ0v) is 18.4. The van der Waals surface area contributed by atoms with E-state index in [-0.39, 0.29) is 17.7 Å². The van der Waals surface area contributed by atoms with Crippen molar-refractivity contribution in [1.82, 2.24) is 15.5 Å². The molecule has 0 bridgehead atoms. The van der Waals surface area contributed by atoms with Crippen LogP contribution in [0, 0.1) is 0 Å². The monoisotopic (exact) mass is 450 g/mol. The maximum Gasteiger partial charge on any atom is 0.230 e. The summed E-state index contributed by atoms with van der Waals surface area (Å²) in [6.45, 7) is 0.547. The average molecular weight is 451 g/mol. The SMILES string of the molecule is O=C(CSc1nnc(NCc2ccco2)s1)N[C@@H](Cc1ccccc1)c1ccccc1. The van der Waals surface area contributed by atoms with Gasteiger partial charge >= 0.3 is 0 Å². The Morgan fingerprint density at radius 2 is 1.77 bits per heavy atom. The predicted molar refractivity (Wildman–Crippen MR) is 124 cm³/mol. The molecule has 2 N–H and O–H groups in total. The quantitative estimate of drug-likeness (QED) is 0.333. The highest BCUT2D eigenvalue weighted by molar-refractivity contribution is 8.01. The lowest BCUT2D eigenvalue weighted by molar-refractivity contribution is -0.119. The molecule has 0 fully saturated rings. The van der Waals surface area contributed by atoms with E-state index in [1.165, 1.54) is 28.7 Å². The molecule has 6 nitrogen and oxygen atoms in total. The minimum Gasteiger partial charge on any atom is -0.467 e. The highest BCUT2D eigenvalue weighted by Crippen LogP contribution is 2.26. The van der Waals surface area contributed by atoms with Crippen molar-refractivity contribution in [3.8, 4) is 0 Å². The van der Waals surface area contributed by atoms with E-state index in [1.807, 2.05) is 60.7 Å². The molecule has 31 heavy (non-hydrogen) atoms. The lowest BCUT2D eigenvalue weighted by atomic mass is 9.99. The molecule has 0 aliphatic heterocycles. The van der Waals surface area contributed by atoms with Crippen molar-refractivity contribution in [2.75, 3.05) is 11.1 Å². The van der Waals surface area contributed by atoms with E-state index in [2.05, 4.69) is 33.0 Å². The predicted octanol–water partition coefficient (Wildman–Crippen LogP) is 4.94. The Bertz CT molecular complexity index is 1070. The maximum absolute atomic E-state index is 12.7. The van der Waals surface area contributed by atoms with E-state index in [9.17, 15) is 4.79 Å². The zero-order valence-electron chi connectivity index (χ0n) is 16.7. The van der Waals surface area contributed by atoms with Gasteiger partial charge in [0.15, 0.2) is 4.34 Å². The maximum atomic E-state index is 12.7. The molecule has 2 aromatic carbocycles. The molecule has 158 valence electrons. The fourth-order valence-corrected chi connectivity index (χ4v) is 4.62. The van der Waals surface area contributed by atoms with Gasteiger partial charge in [-0.1, -0.05) is 83.8 Å². The summed E-state index contributed by atoms with van der Waals surface area (Å²) in [4.78, 5) is 12.7. The summed E-state index contributed by atoms with van der Waals surface area (Å²) in [6.07, 6.45) is 2.37. The first-order valence-electron chi connectivity index (χ1n) is 9.87. The second-order valence-corrected chi connectivity index (χ2v) is 9.02. The van der Waals surface area contributed by atoms with Gasteiger partial charge in [0.2, 0.25) is 11.0 Å². The topological polar surface area (TPSA) is 80.1 Å². The van der Waals surface area contributed by atoms with Crippen molar-refractivity contribution in [1.29, 1.82) is 0 Å². The summed E-state index contributed by atoms with van der Waals surface area (Å²) in [6, 6.07) is 23.9. The van der Waals surface area contributed by atoms with Gasteiger partial charge in [0.25, 0.3) is 0 Å². The van der Waals surface area contributed by atoms with Crippen LogP contribution in [0.25, 0.3) is 0 Å². The van der Waals surface area contributed by atoms with Gasteiger partial charge in [0.1, 0.15) is 5.76 Å². The first-order valence-corrected chi connectivity index (χ1v) is 11.7. The fraction of sp³-hybridized carbons (Fsp3) is 0.174. The van der Waals surface area contributed by atoms with Crippen LogP contribution in [0.15, 0.2) is 87.8 Å². The Labute approximate surface area is 189 Å². The number of amides is 1. The molecule has 8 heteroatoms. The number of aromatic nitrogens is 2. The summed E-state index contributed by atoms with van der Waals surface area (Å²) < 4.78 is 6.04. The molecule has 4 aromatic rings. The summed E-state index contributed by atoms with van der Waals surface area (Å²) in [7, 11) is 0. The number of benzene rings is 2. The van der Waals surface area contributed by atoms with E-state index < -0.39 is 0 Å². The molecule has 0 spiro atoms. The van der Waals surface area contributed by atoms with Crippen LogP contribution in [0.2, 0.25) is 0 Å². The number of anilines is 1. The number of rotatable bonds is 10. The molecule has 4 rings (SSSR count). The van der Waals surface area contributed by atoms with E-state index >= 15 is 0 Å². The van der Waals surface area contributed by atoms with Gasteiger partial charge in [0, 0.05) is 0 Å². The summed E-state index contributed by atoms with van der Waals surface area (Å²) in [5.74, 6) is 1.08. The minimum absolute atomic E-state index is 0.0323. The Kier molecular flexibility index (Phi) is 7.36. The van der Waals surface area contributed by atoms with Crippen molar-refractivity contribution >= 4 is 34.1 Å². The third kappa shape index (κ3) is 6.44. The van der Waals surface area contributed by atoms with Gasteiger partial charge in [-0.05, 0) is 29.7 Å². The third-order valence-electron chi connectivity index (χ3n) is 4.55. The summed E-state index contributed by atoms with van der Waals surface area (Å²) in [5, 5.41) is 15.3. The number of nitrogens with one attached hydrogen (secondary N) is 2. The van der Waals surface area contributed by atoms with Crippen LogP contribution in [-0.4, -0.2) is 21.9 Å². The smallest absolute Gasteiger partial charge is 0.230 e. The van der Waals surface area contributed by atoms with E-state index in [1.54, 1.807) is 6.26 Å². The van der Waals surface area contributed by atoms with Crippen molar-refractivity contribution in [2.24, 2.45) is 0 Å². The lowest BCUT2D eigenvalue weighted by Gasteiger charge is -2.19. The third-order valence-corrected chi connectivity index (χ3v) is 6.56. The molecule has 0 unspecified atom stereocenters. The Hall–Kier alpha value is -3.10. The molecular formula is C23H22N4O2S2. The Morgan fingerprint density at radius 1 is 1.00 bits per heavy atom. The van der Waals surface area contributed by atoms with Crippen LogP contribution in [0.4, 0.5) is 5.13 Å². The van der Waals surface area contributed by atoms with Crippen molar-refractivity contribution < 1.29 is 9.21 Å². The van der Waals surface area contributed by atoms with Crippen LogP contribution in [0.3, 0.4) is 0 Å². The number of hydrogen-bond donors (Lipinski definition) is 2. The zero-order chi connectivity index (χ0) is 21.3. The molecule has 2 aromatic heterocycles. The van der Waals surface area contributed by atoms with Crippen LogP contribution in [-0.2, 0) is 17.8 Å². The second-order valence-electron chi connectivity index (χ2n) is 6.82. The van der Waals surface area contributed by atoms with Crippen molar-refractivity contribution in [2.45, 2.75) is 23.3 Å². The number of thioether (sulfide) groups is 1. The average Bonchev–Trinajstić information content (AvgIpc) is 3.49. The van der Waals surface area contributed by atoms with Crippen LogP contribution in [0.1, 0.15) is 22.9 Å². The second kappa shape index (κ2) is 10.8. The molecular weight excluding hydrogens is 428 g/mol. The first kappa shape index (κ1) is 21.1. The standard InChI is InChI=1S/C23H22N4O2S2/c28-21(16-30-23-27-26-22(31-23)24-15-19-12-7-13-29-19)25-20(18-10-5-2-6-11-18)14-17-8-3-1-4-9-17/h1-13,20H,14-16H2,(H,24,26)(H,25,28)/t20-/m0/s1. The van der Waals surface area contributed by atoms with Crippen molar-refractivity contribution in [3.63, 3.8) is 0 Å². The normalized spacial score (nSPS) is 11.7. The molecule has 0 aliphatic carbocycles. The van der Waals surface area contributed by atoms with Crippen LogP contribution in [0.5, 0.6) is 0 Å². The van der Waals surface area contributed by atoms with Crippen LogP contribution < -0.4 is 10.6 Å². The Morgan fingerprint density at radius 3 is 2.52 bits per heavy atom. The highest BCUT2D eigenvalue weighted by atomic mass is 32.2. The van der Waals surface area contributed by atoms with Gasteiger partial charge in [-0.25, -0.2) is 0 Å². The van der Waals surface area contributed by atoms with E-state index in [0.29, 0.717) is 11.7 Å². The van der Waals surface area contributed by atoms with Gasteiger partial charge in [0.05, 0.1) is 24.6 Å². The fourth-order valence-electron chi connectivity index (χ4n) is 3.07. The summed E-state index contributed by atoms with van der Waals surface area (Å²) >= 11 is 2.81. The minimum atomic E-state index is -0.0864. The number of hydrogen-bond acceptors (Lipinski definition) is 7. The molecule has 1 amide bonds. The number of nitrogens with zero attached hydrogens (tertiary/aromatic N) is 2. The molecule has 1 atom stereocenters. The molecule has 0 saturated carbocycles. The van der Waals surface area contributed by atoms with E-state index in [4.69, 9.17) is 4.42 Å². The number of carbonyl (C=O) groups is 1. The van der Waals surface area contributed by atoms with Crippen molar-refractivity contribution in [3.05, 3.63) is 95.9 Å². The summed E-state index contributed by atoms with van der Waals surface area (Å²) in [5.41, 5.74) is 2.27. The van der Waals surface area contributed by atoms with Crippen LogP contribution >= 0.6 is 23.1 Å². The first-order chi connectivity index (χ1) is 15.3. The Balaban J connectivity index is 1.31. The molecule has 0 radical (unpaired) electrons. The number of carbonyl (C=O) groups excluding carboxylic acids is 1. The number of furan rings is 1. The lowest BCUT2D eigenvalue weighted by Crippen LogP contribution is -2.31. The van der Waals surface area contributed by atoms with Gasteiger partial charge < -0.3 is 15.1 Å². The van der Waals surface area contributed by atoms with Gasteiger partial charge in [-0.15, -0.1) is 10.2 Å². The largest absolute Gasteiger partial charge is 0.467 e. The molecule has 0 saturated heterocycles. The highest BCUT2D eigenvalue weighted by Gasteiger charge is 2.16. The molecule has 2 heterocycles. The van der Waals surface area contributed by atoms with E-state index in [0.717, 1.165) is 22.1 Å².